The average Bonchev–Trinajstić information content (AvgIpc) is 2.23. The maximum atomic E-state index is 11.6. The van der Waals surface area contributed by atoms with E-state index in [4.69, 9.17) is 0 Å². The first-order chi connectivity index (χ1) is 6.86. The van der Waals surface area contributed by atoms with Crippen molar-refractivity contribution in [1.82, 2.24) is 0 Å². The quantitative estimate of drug-likeness (QED) is 0.768. The van der Waals surface area contributed by atoms with Crippen LogP contribution in [0.3, 0.4) is 0 Å². The zero-order chi connectivity index (χ0) is 9.80. The van der Waals surface area contributed by atoms with Gasteiger partial charge in [-0.15, -0.1) is 23.5 Å². The molecule has 0 radical (unpaired) electrons. The molecule has 14 heavy (non-hydrogen) atoms. The predicted octanol–water partition coefficient (Wildman–Crippen LogP) is 3.20. The molecule has 1 aromatic rings. The van der Waals surface area contributed by atoms with Crippen LogP contribution in [0.4, 0.5) is 0 Å². The van der Waals surface area contributed by atoms with Gasteiger partial charge in [0.2, 0.25) is 0 Å². The minimum absolute atomic E-state index is 0.131. The third-order valence-corrected chi connectivity index (χ3v) is 4.89. The van der Waals surface area contributed by atoms with Crippen molar-refractivity contribution in [1.29, 1.82) is 0 Å². The minimum Gasteiger partial charge on any atom is -0.297 e. The van der Waals surface area contributed by atoms with Crippen molar-refractivity contribution in [2.24, 2.45) is 0 Å². The summed E-state index contributed by atoms with van der Waals surface area (Å²) in [6, 6.07) is 10.2. The van der Waals surface area contributed by atoms with E-state index >= 15 is 0 Å². The van der Waals surface area contributed by atoms with Crippen LogP contribution >= 0.6 is 23.5 Å². The maximum Gasteiger partial charge on any atom is 0.156 e. The average molecular weight is 224 g/mol. The van der Waals surface area contributed by atoms with Crippen LogP contribution in [0.1, 0.15) is 12.8 Å². The number of thioether (sulfide) groups is 2. The van der Waals surface area contributed by atoms with Gasteiger partial charge in [0.1, 0.15) is 4.58 Å². The van der Waals surface area contributed by atoms with Crippen LogP contribution in [0.2, 0.25) is 0 Å². The Balaban J connectivity index is 2.00. The van der Waals surface area contributed by atoms with Crippen molar-refractivity contribution in [3.63, 3.8) is 0 Å². The van der Waals surface area contributed by atoms with Crippen LogP contribution in [-0.2, 0) is 4.79 Å². The van der Waals surface area contributed by atoms with Crippen molar-refractivity contribution < 1.29 is 4.79 Å². The van der Waals surface area contributed by atoms with Crippen LogP contribution in [0.5, 0.6) is 0 Å². The lowest BCUT2D eigenvalue weighted by Crippen LogP contribution is -2.18. The first kappa shape index (κ1) is 10.1. The summed E-state index contributed by atoms with van der Waals surface area (Å²) < 4.78 is 0.131. The van der Waals surface area contributed by atoms with Crippen molar-refractivity contribution >= 4 is 29.3 Å². The SMILES string of the molecule is O=C1CCCSC1Sc1ccccc1. The van der Waals surface area contributed by atoms with Gasteiger partial charge in [-0.1, -0.05) is 18.2 Å². The number of hydrogen-bond donors (Lipinski definition) is 0. The summed E-state index contributed by atoms with van der Waals surface area (Å²) in [5.41, 5.74) is 0. The van der Waals surface area contributed by atoms with Gasteiger partial charge in [0, 0.05) is 11.3 Å². The normalized spacial score (nSPS) is 22.3. The molecule has 0 amide bonds. The van der Waals surface area contributed by atoms with Gasteiger partial charge in [-0.2, -0.15) is 0 Å². The van der Waals surface area contributed by atoms with Crippen LogP contribution in [-0.4, -0.2) is 16.1 Å². The van der Waals surface area contributed by atoms with Crippen molar-refractivity contribution in [2.45, 2.75) is 22.3 Å². The van der Waals surface area contributed by atoms with Crippen LogP contribution in [0.25, 0.3) is 0 Å². The molecule has 1 nitrogen and oxygen atoms in total. The monoisotopic (exact) mass is 224 g/mol. The largest absolute Gasteiger partial charge is 0.297 e. The number of carbonyl (C=O) groups excluding carboxylic acids is 1. The van der Waals surface area contributed by atoms with Gasteiger partial charge in [0.25, 0.3) is 0 Å². The summed E-state index contributed by atoms with van der Waals surface area (Å²) >= 11 is 3.47. The Morgan fingerprint density at radius 2 is 2.07 bits per heavy atom. The molecule has 1 unspecified atom stereocenters. The first-order valence-corrected chi connectivity index (χ1v) is 6.65. The summed E-state index contributed by atoms with van der Waals surface area (Å²) in [6.07, 6.45) is 1.81. The molecule has 1 saturated heterocycles. The van der Waals surface area contributed by atoms with E-state index in [0.29, 0.717) is 5.78 Å². The molecule has 0 saturated carbocycles. The van der Waals surface area contributed by atoms with Crippen LogP contribution < -0.4 is 0 Å². The molecule has 2 rings (SSSR count). The standard InChI is InChI=1S/C11H12OS2/c12-10-7-4-8-13-11(10)14-9-5-2-1-3-6-9/h1-3,5-6,11H,4,7-8H2. The molecular weight excluding hydrogens is 212 g/mol. The van der Waals surface area contributed by atoms with E-state index < -0.39 is 0 Å². The number of hydrogen-bond acceptors (Lipinski definition) is 3. The highest BCUT2D eigenvalue weighted by atomic mass is 32.2. The summed E-state index contributed by atoms with van der Waals surface area (Å²) in [5, 5.41) is 0. The van der Waals surface area contributed by atoms with Crippen molar-refractivity contribution in [3.05, 3.63) is 30.3 Å². The number of benzene rings is 1. The molecule has 3 heteroatoms. The molecule has 0 N–H and O–H groups in total. The van der Waals surface area contributed by atoms with Gasteiger partial charge in [0.15, 0.2) is 5.78 Å². The fourth-order valence-electron chi connectivity index (χ4n) is 1.37. The van der Waals surface area contributed by atoms with Crippen molar-refractivity contribution in [2.75, 3.05) is 5.75 Å². The van der Waals surface area contributed by atoms with E-state index in [1.807, 2.05) is 18.2 Å². The number of ketones is 1. The van der Waals surface area contributed by atoms with Crippen LogP contribution in [0.15, 0.2) is 35.2 Å². The van der Waals surface area contributed by atoms with Crippen LogP contribution in [0, 0.1) is 0 Å². The predicted molar refractivity (Wildman–Crippen MR) is 62.8 cm³/mol. The molecule has 1 fully saturated rings. The molecule has 0 bridgehead atoms. The number of carbonyl (C=O) groups is 1. The summed E-state index contributed by atoms with van der Waals surface area (Å²) in [6.45, 7) is 0. The molecule has 1 aromatic carbocycles. The van der Waals surface area contributed by atoms with E-state index in [2.05, 4.69) is 12.1 Å². The lowest BCUT2D eigenvalue weighted by atomic mass is 10.2. The van der Waals surface area contributed by atoms with Crippen molar-refractivity contribution in [3.8, 4) is 0 Å². The molecule has 1 aliphatic rings. The second-order valence-electron chi connectivity index (χ2n) is 3.20. The van der Waals surface area contributed by atoms with E-state index in [1.54, 1.807) is 23.5 Å². The second-order valence-corrected chi connectivity index (χ2v) is 5.89. The Hall–Kier alpha value is -0.410. The molecule has 1 heterocycles. The smallest absolute Gasteiger partial charge is 0.156 e. The fourth-order valence-corrected chi connectivity index (χ4v) is 3.90. The molecule has 0 aromatic heterocycles. The highest BCUT2D eigenvalue weighted by molar-refractivity contribution is 8.18. The number of rotatable bonds is 2. The fraction of sp³-hybridized carbons (Fsp3) is 0.364. The molecular formula is C11H12OS2. The topological polar surface area (TPSA) is 17.1 Å². The Labute approximate surface area is 92.7 Å². The lowest BCUT2D eigenvalue weighted by molar-refractivity contribution is -0.117. The zero-order valence-corrected chi connectivity index (χ0v) is 9.44. The summed E-state index contributed by atoms with van der Waals surface area (Å²) in [5.74, 6) is 1.52. The third kappa shape index (κ3) is 2.55. The van der Waals surface area contributed by atoms with E-state index in [0.717, 1.165) is 18.6 Å². The second kappa shape index (κ2) is 4.89. The highest BCUT2D eigenvalue weighted by Gasteiger charge is 2.23. The summed E-state index contributed by atoms with van der Waals surface area (Å²) in [4.78, 5) is 12.8. The highest BCUT2D eigenvalue weighted by Crippen LogP contribution is 2.35. The minimum atomic E-state index is 0.131. The zero-order valence-electron chi connectivity index (χ0n) is 7.81. The van der Waals surface area contributed by atoms with E-state index in [1.165, 1.54) is 4.90 Å². The summed E-state index contributed by atoms with van der Waals surface area (Å²) in [7, 11) is 0. The van der Waals surface area contributed by atoms with E-state index in [-0.39, 0.29) is 4.58 Å². The first-order valence-electron chi connectivity index (χ1n) is 4.72. The van der Waals surface area contributed by atoms with E-state index in [9.17, 15) is 4.79 Å². The molecule has 0 spiro atoms. The molecule has 1 atom stereocenters. The molecule has 74 valence electrons. The van der Waals surface area contributed by atoms with Gasteiger partial charge >= 0.3 is 0 Å². The van der Waals surface area contributed by atoms with Gasteiger partial charge in [-0.25, -0.2) is 0 Å². The Morgan fingerprint density at radius 1 is 1.29 bits per heavy atom. The van der Waals surface area contributed by atoms with Gasteiger partial charge in [0.05, 0.1) is 0 Å². The van der Waals surface area contributed by atoms with Gasteiger partial charge in [-0.05, 0) is 24.3 Å². The maximum absolute atomic E-state index is 11.6. The molecule has 1 aliphatic heterocycles. The Bertz CT molecular complexity index is 310. The van der Waals surface area contributed by atoms with Gasteiger partial charge < -0.3 is 0 Å². The lowest BCUT2D eigenvalue weighted by Gasteiger charge is -2.19. The Morgan fingerprint density at radius 3 is 2.79 bits per heavy atom. The van der Waals surface area contributed by atoms with Gasteiger partial charge in [-0.3, -0.25) is 4.79 Å². The third-order valence-electron chi connectivity index (χ3n) is 2.09. The molecule has 0 aliphatic carbocycles. The number of Topliss-reactive ketones (excluding diaryl/α,β-unsaturated/α-hetero) is 1. The Kier molecular flexibility index (Phi) is 3.54.